The molecule has 1 aliphatic rings. The van der Waals surface area contributed by atoms with Crippen molar-refractivity contribution in [1.82, 2.24) is 0 Å². The number of hydrogen-bond acceptors (Lipinski definition) is 6. The van der Waals surface area contributed by atoms with Crippen molar-refractivity contribution in [2.45, 2.75) is 0 Å². The van der Waals surface area contributed by atoms with Gasteiger partial charge in [-0.15, -0.1) is 0 Å². The van der Waals surface area contributed by atoms with Gasteiger partial charge in [-0.25, -0.2) is 4.79 Å². The second kappa shape index (κ2) is 7.63. The molecule has 0 radical (unpaired) electrons. The number of carbonyl (C=O) groups is 4. The predicted molar refractivity (Wildman–Crippen MR) is 115 cm³/mol. The first-order chi connectivity index (χ1) is 15.5. The molecule has 1 heterocycles. The van der Waals surface area contributed by atoms with Gasteiger partial charge in [0, 0.05) is 33.3 Å². The Labute approximate surface area is 181 Å². The highest BCUT2D eigenvalue weighted by Crippen LogP contribution is 2.29. The van der Waals surface area contributed by atoms with Gasteiger partial charge in [0.1, 0.15) is 5.58 Å². The van der Waals surface area contributed by atoms with Crippen LogP contribution in [-0.2, 0) is 9.53 Å². The van der Waals surface area contributed by atoms with Crippen LogP contribution in [0.1, 0.15) is 42.4 Å². The lowest BCUT2D eigenvalue weighted by Crippen LogP contribution is -2.23. The van der Waals surface area contributed by atoms with Crippen LogP contribution in [-0.4, -0.2) is 30.0 Å². The van der Waals surface area contributed by atoms with E-state index in [1.807, 2.05) is 6.07 Å². The minimum absolute atomic E-state index is 0.00412. The number of amides is 1. The Kier molecular flexibility index (Phi) is 4.63. The van der Waals surface area contributed by atoms with Gasteiger partial charge in [0.15, 0.2) is 18.2 Å². The number of esters is 1. The fourth-order valence-electron chi connectivity index (χ4n) is 3.66. The SMILES string of the molecule is O=C(COC(=O)c1cc2ccccc2o1)Nc1ccc2c(c1)C(=O)c1ccccc1C2=O. The van der Waals surface area contributed by atoms with E-state index in [1.165, 1.54) is 18.2 Å². The average molecular weight is 425 g/mol. The third-order valence-corrected chi connectivity index (χ3v) is 5.17. The fraction of sp³-hybridized carbons (Fsp3) is 0.0400. The van der Waals surface area contributed by atoms with Crippen LogP contribution in [0.4, 0.5) is 5.69 Å². The zero-order valence-electron chi connectivity index (χ0n) is 16.6. The molecule has 1 aromatic heterocycles. The van der Waals surface area contributed by atoms with Gasteiger partial charge in [-0.05, 0) is 30.3 Å². The topological polar surface area (TPSA) is 103 Å². The summed E-state index contributed by atoms with van der Waals surface area (Å²) in [5, 5.41) is 3.32. The van der Waals surface area contributed by atoms with Gasteiger partial charge in [-0.1, -0.05) is 42.5 Å². The first-order valence-corrected chi connectivity index (χ1v) is 9.79. The summed E-state index contributed by atoms with van der Waals surface area (Å²) >= 11 is 0. The summed E-state index contributed by atoms with van der Waals surface area (Å²) in [4.78, 5) is 49.9. The van der Waals surface area contributed by atoms with Gasteiger partial charge in [0.2, 0.25) is 5.76 Å². The predicted octanol–water partition coefficient (Wildman–Crippen LogP) is 4.00. The lowest BCUT2D eigenvalue weighted by molar-refractivity contribution is -0.119. The minimum atomic E-state index is -0.765. The molecule has 0 aliphatic heterocycles. The van der Waals surface area contributed by atoms with Crippen molar-refractivity contribution in [3.63, 3.8) is 0 Å². The van der Waals surface area contributed by atoms with E-state index in [2.05, 4.69) is 5.32 Å². The quantitative estimate of drug-likeness (QED) is 0.437. The standard InChI is InChI=1S/C25H15NO6/c27-22(13-31-25(30)21-11-14-5-1-4-8-20(14)32-21)26-15-9-10-18-19(12-15)24(29)17-7-3-2-6-16(17)23(18)28/h1-12H,13H2,(H,26,27). The number of hydrogen-bond donors (Lipinski definition) is 1. The molecule has 1 N–H and O–H groups in total. The van der Waals surface area contributed by atoms with E-state index in [0.29, 0.717) is 22.4 Å². The molecular formula is C25H15NO6. The van der Waals surface area contributed by atoms with Crippen molar-refractivity contribution in [3.8, 4) is 0 Å². The molecule has 1 amide bonds. The van der Waals surface area contributed by atoms with Gasteiger partial charge in [-0.2, -0.15) is 0 Å². The van der Waals surface area contributed by atoms with E-state index in [4.69, 9.17) is 9.15 Å². The first kappa shape index (κ1) is 19.4. The molecule has 156 valence electrons. The molecule has 4 aromatic rings. The number of ketones is 2. The zero-order valence-corrected chi connectivity index (χ0v) is 16.6. The van der Waals surface area contributed by atoms with E-state index in [1.54, 1.807) is 48.5 Å². The van der Waals surface area contributed by atoms with Crippen molar-refractivity contribution in [2.75, 3.05) is 11.9 Å². The fourth-order valence-corrected chi connectivity index (χ4v) is 3.66. The maximum Gasteiger partial charge on any atom is 0.374 e. The van der Waals surface area contributed by atoms with Gasteiger partial charge >= 0.3 is 5.97 Å². The Bertz CT molecular complexity index is 1400. The van der Waals surface area contributed by atoms with Gasteiger partial charge < -0.3 is 14.5 Å². The minimum Gasteiger partial charge on any atom is -0.450 e. The molecule has 0 atom stereocenters. The highest BCUT2D eigenvalue weighted by Gasteiger charge is 2.29. The van der Waals surface area contributed by atoms with Crippen LogP contribution in [0.5, 0.6) is 0 Å². The van der Waals surface area contributed by atoms with Crippen LogP contribution in [0.2, 0.25) is 0 Å². The maximum atomic E-state index is 12.8. The number of ether oxygens (including phenoxy) is 1. The highest BCUT2D eigenvalue weighted by molar-refractivity contribution is 6.28. The molecule has 0 spiro atoms. The summed E-state index contributed by atoms with van der Waals surface area (Å²) in [7, 11) is 0. The summed E-state index contributed by atoms with van der Waals surface area (Å²) in [6, 6.07) is 19.7. The first-order valence-electron chi connectivity index (χ1n) is 9.79. The van der Waals surface area contributed by atoms with Crippen LogP contribution in [0.25, 0.3) is 11.0 Å². The van der Waals surface area contributed by atoms with Crippen molar-refractivity contribution in [2.24, 2.45) is 0 Å². The van der Waals surface area contributed by atoms with Crippen LogP contribution < -0.4 is 5.32 Å². The van der Waals surface area contributed by atoms with Crippen molar-refractivity contribution >= 4 is 40.1 Å². The number of benzene rings is 3. The number of fused-ring (bicyclic) bond motifs is 3. The highest BCUT2D eigenvalue weighted by atomic mass is 16.5. The third-order valence-electron chi connectivity index (χ3n) is 5.17. The van der Waals surface area contributed by atoms with Crippen LogP contribution >= 0.6 is 0 Å². The molecule has 3 aromatic carbocycles. The number of furan rings is 1. The van der Waals surface area contributed by atoms with Gasteiger partial charge in [0.25, 0.3) is 5.91 Å². The van der Waals surface area contributed by atoms with Crippen LogP contribution in [0.3, 0.4) is 0 Å². The van der Waals surface area contributed by atoms with E-state index in [9.17, 15) is 19.2 Å². The summed E-state index contributed by atoms with van der Waals surface area (Å²) in [5.41, 5.74) is 2.04. The zero-order chi connectivity index (χ0) is 22.2. The Morgan fingerprint density at radius 1 is 0.781 bits per heavy atom. The molecule has 32 heavy (non-hydrogen) atoms. The molecule has 0 fully saturated rings. The van der Waals surface area contributed by atoms with Crippen LogP contribution in [0.15, 0.2) is 77.2 Å². The Morgan fingerprint density at radius 3 is 2.19 bits per heavy atom. The molecule has 5 rings (SSSR count). The number of carbonyl (C=O) groups excluding carboxylic acids is 4. The lowest BCUT2D eigenvalue weighted by Gasteiger charge is -2.18. The summed E-state index contributed by atoms with van der Waals surface area (Å²) < 4.78 is 10.4. The molecule has 0 saturated heterocycles. The van der Waals surface area contributed by atoms with Crippen molar-refractivity contribution < 1.29 is 28.3 Å². The second-order valence-electron chi connectivity index (χ2n) is 7.24. The smallest absolute Gasteiger partial charge is 0.374 e. The summed E-state index contributed by atoms with van der Waals surface area (Å²) in [6.45, 7) is -0.539. The maximum absolute atomic E-state index is 12.8. The van der Waals surface area contributed by atoms with E-state index < -0.39 is 18.5 Å². The van der Waals surface area contributed by atoms with Crippen LogP contribution in [0, 0.1) is 0 Å². The lowest BCUT2D eigenvalue weighted by atomic mass is 9.84. The average Bonchev–Trinajstić information content (AvgIpc) is 3.25. The number of para-hydroxylation sites is 1. The number of anilines is 1. The number of rotatable bonds is 4. The summed E-state index contributed by atoms with van der Waals surface area (Å²) in [5.74, 6) is -1.89. The summed E-state index contributed by atoms with van der Waals surface area (Å²) in [6.07, 6.45) is 0. The van der Waals surface area contributed by atoms with Crippen molar-refractivity contribution in [3.05, 3.63) is 101 Å². The molecule has 7 nitrogen and oxygen atoms in total. The number of nitrogens with one attached hydrogen (secondary N) is 1. The molecule has 0 saturated carbocycles. The Balaban J connectivity index is 1.27. The molecule has 1 aliphatic carbocycles. The van der Waals surface area contributed by atoms with Crippen molar-refractivity contribution in [1.29, 1.82) is 0 Å². The molecule has 0 bridgehead atoms. The van der Waals surface area contributed by atoms with E-state index in [-0.39, 0.29) is 28.5 Å². The van der Waals surface area contributed by atoms with E-state index >= 15 is 0 Å². The Morgan fingerprint density at radius 2 is 1.44 bits per heavy atom. The van der Waals surface area contributed by atoms with Gasteiger partial charge in [-0.3, -0.25) is 14.4 Å². The van der Waals surface area contributed by atoms with Gasteiger partial charge in [0.05, 0.1) is 0 Å². The molecule has 7 heteroatoms. The third kappa shape index (κ3) is 3.35. The normalized spacial score (nSPS) is 12.2. The molecule has 0 unspecified atom stereocenters. The Hall–Kier alpha value is -4.52. The molecular weight excluding hydrogens is 410 g/mol. The largest absolute Gasteiger partial charge is 0.450 e. The monoisotopic (exact) mass is 425 g/mol. The second-order valence-corrected chi connectivity index (χ2v) is 7.24. The van der Waals surface area contributed by atoms with E-state index in [0.717, 1.165) is 5.39 Å².